The van der Waals surface area contributed by atoms with Crippen LogP contribution in [0.1, 0.15) is 17.5 Å². The Morgan fingerprint density at radius 3 is 2.65 bits per heavy atom. The van der Waals surface area contributed by atoms with Crippen molar-refractivity contribution >= 4 is 17.5 Å². The zero-order valence-corrected chi connectivity index (χ0v) is 10.8. The second kappa shape index (κ2) is 7.91. The molecule has 1 aromatic rings. The molecule has 0 atom stereocenters. The molecule has 0 aliphatic heterocycles. The van der Waals surface area contributed by atoms with E-state index in [2.05, 4.69) is 36.5 Å². The fourth-order valence-electron chi connectivity index (χ4n) is 1.42. The second-order valence-corrected chi connectivity index (χ2v) is 4.22. The lowest BCUT2D eigenvalue weighted by molar-refractivity contribution is -0.120. The van der Waals surface area contributed by atoms with Gasteiger partial charge in [0.05, 0.1) is 0 Å². The number of amides is 1. The number of halogens is 1. The minimum atomic E-state index is 0.0739. The Kier molecular flexibility index (Phi) is 6.41. The molecule has 1 N–H and O–H groups in total. The molecule has 1 rings (SSSR count). The first-order valence-electron chi connectivity index (χ1n) is 5.75. The number of nitrogens with one attached hydrogen (secondary N) is 1. The van der Waals surface area contributed by atoms with Crippen molar-refractivity contribution in [3.05, 3.63) is 47.5 Å². The van der Waals surface area contributed by atoms with Crippen LogP contribution >= 0.6 is 11.6 Å². The highest BCUT2D eigenvalue weighted by Gasteiger charge is 2.00. The van der Waals surface area contributed by atoms with E-state index in [1.807, 2.05) is 12.2 Å². The van der Waals surface area contributed by atoms with E-state index in [9.17, 15) is 4.79 Å². The summed E-state index contributed by atoms with van der Waals surface area (Å²) in [6.45, 7) is 2.61. The molecule has 3 heteroatoms. The molecule has 17 heavy (non-hydrogen) atoms. The Bertz CT molecular complexity index is 370. The Balaban J connectivity index is 2.23. The lowest BCUT2D eigenvalue weighted by Gasteiger charge is -2.03. The van der Waals surface area contributed by atoms with Crippen molar-refractivity contribution in [2.45, 2.75) is 19.8 Å². The van der Waals surface area contributed by atoms with Gasteiger partial charge in [-0.05, 0) is 18.9 Å². The number of aryl methyl sites for hydroxylation is 2. The van der Waals surface area contributed by atoms with Gasteiger partial charge in [-0.1, -0.05) is 42.0 Å². The highest BCUT2D eigenvalue weighted by molar-refractivity contribution is 6.18. The van der Waals surface area contributed by atoms with Crippen LogP contribution in [-0.2, 0) is 11.2 Å². The Labute approximate surface area is 108 Å². The Morgan fingerprint density at radius 2 is 2.00 bits per heavy atom. The lowest BCUT2D eigenvalue weighted by atomic mass is 10.1. The molecule has 0 unspecified atom stereocenters. The molecule has 0 bridgehead atoms. The number of hydrogen-bond acceptors (Lipinski definition) is 1. The number of alkyl halides is 1. The minimum Gasteiger partial charge on any atom is -0.353 e. The van der Waals surface area contributed by atoms with Gasteiger partial charge >= 0.3 is 0 Å². The highest BCUT2D eigenvalue weighted by Crippen LogP contribution is 2.05. The van der Waals surface area contributed by atoms with Gasteiger partial charge in [0, 0.05) is 18.8 Å². The third-order valence-corrected chi connectivity index (χ3v) is 2.61. The SMILES string of the molecule is Cc1ccc(CCC(=O)NC/C=C/CCl)cc1. The van der Waals surface area contributed by atoms with E-state index in [1.54, 1.807) is 0 Å². The van der Waals surface area contributed by atoms with Crippen LogP contribution in [0, 0.1) is 6.92 Å². The summed E-state index contributed by atoms with van der Waals surface area (Å²) in [7, 11) is 0. The van der Waals surface area contributed by atoms with Crippen molar-refractivity contribution in [2.75, 3.05) is 12.4 Å². The number of carbonyl (C=O) groups is 1. The van der Waals surface area contributed by atoms with Gasteiger partial charge in [0.2, 0.25) is 5.91 Å². The zero-order chi connectivity index (χ0) is 12.5. The maximum Gasteiger partial charge on any atom is 0.220 e. The Hall–Kier alpha value is -1.28. The second-order valence-electron chi connectivity index (χ2n) is 3.92. The summed E-state index contributed by atoms with van der Waals surface area (Å²) < 4.78 is 0. The predicted octanol–water partition coefficient (Wildman–Crippen LogP) is 2.84. The Morgan fingerprint density at radius 1 is 1.29 bits per heavy atom. The van der Waals surface area contributed by atoms with Crippen LogP contribution in [-0.4, -0.2) is 18.3 Å². The number of rotatable bonds is 6. The molecule has 0 saturated carbocycles. The summed E-state index contributed by atoms with van der Waals surface area (Å²) in [5.74, 6) is 0.559. The third kappa shape index (κ3) is 6.12. The van der Waals surface area contributed by atoms with Gasteiger partial charge in [-0.15, -0.1) is 11.6 Å². The lowest BCUT2D eigenvalue weighted by Crippen LogP contribution is -2.23. The summed E-state index contributed by atoms with van der Waals surface area (Å²) in [5.41, 5.74) is 2.44. The molecule has 1 aromatic carbocycles. The molecule has 0 saturated heterocycles. The summed E-state index contributed by atoms with van der Waals surface area (Å²) in [5, 5.41) is 2.81. The van der Waals surface area contributed by atoms with Crippen LogP contribution in [0.4, 0.5) is 0 Å². The summed E-state index contributed by atoms with van der Waals surface area (Å²) in [6.07, 6.45) is 4.99. The first kappa shape index (κ1) is 13.8. The highest BCUT2D eigenvalue weighted by atomic mass is 35.5. The van der Waals surface area contributed by atoms with Crippen molar-refractivity contribution in [3.63, 3.8) is 0 Å². The number of benzene rings is 1. The van der Waals surface area contributed by atoms with Crippen LogP contribution < -0.4 is 5.32 Å². The third-order valence-electron chi connectivity index (χ3n) is 2.43. The van der Waals surface area contributed by atoms with Gasteiger partial charge in [-0.25, -0.2) is 0 Å². The molecule has 1 amide bonds. The summed E-state index contributed by atoms with van der Waals surface area (Å²) >= 11 is 5.47. The fraction of sp³-hybridized carbons (Fsp3) is 0.357. The van der Waals surface area contributed by atoms with E-state index in [-0.39, 0.29) is 5.91 Å². The number of carbonyl (C=O) groups excluding carboxylic acids is 1. The van der Waals surface area contributed by atoms with Crippen molar-refractivity contribution < 1.29 is 4.79 Å². The smallest absolute Gasteiger partial charge is 0.220 e. The maximum atomic E-state index is 11.5. The predicted molar refractivity (Wildman–Crippen MR) is 72.4 cm³/mol. The van der Waals surface area contributed by atoms with Gasteiger partial charge < -0.3 is 5.32 Å². The zero-order valence-electron chi connectivity index (χ0n) is 10.1. The van der Waals surface area contributed by atoms with E-state index in [0.717, 1.165) is 6.42 Å². The van der Waals surface area contributed by atoms with Crippen molar-refractivity contribution in [1.29, 1.82) is 0 Å². The van der Waals surface area contributed by atoms with Crippen LogP contribution in [0.2, 0.25) is 0 Å². The van der Waals surface area contributed by atoms with E-state index < -0.39 is 0 Å². The molecule has 0 heterocycles. The average Bonchev–Trinajstić information content (AvgIpc) is 2.34. The van der Waals surface area contributed by atoms with Crippen LogP contribution in [0.3, 0.4) is 0 Å². The quantitative estimate of drug-likeness (QED) is 0.611. The topological polar surface area (TPSA) is 29.1 Å². The molecule has 2 nitrogen and oxygen atoms in total. The number of allylic oxidation sites excluding steroid dienone is 1. The van der Waals surface area contributed by atoms with E-state index >= 15 is 0 Å². The standard InChI is InChI=1S/C14H18ClNO/c1-12-4-6-13(7-5-12)8-9-14(17)16-11-3-2-10-15/h2-7H,8-11H2,1H3,(H,16,17)/b3-2+. The first-order valence-corrected chi connectivity index (χ1v) is 6.29. The maximum absolute atomic E-state index is 11.5. The van der Waals surface area contributed by atoms with E-state index in [1.165, 1.54) is 11.1 Å². The molecule has 0 radical (unpaired) electrons. The summed E-state index contributed by atoms with van der Waals surface area (Å²) in [4.78, 5) is 11.5. The van der Waals surface area contributed by atoms with Crippen molar-refractivity contribution in [2.24, 2.45) is 0 Å². The molecule has 0 fully saturated rings. The van der Waals surface area contributed by atoms with Crippen molar-refractivity contribution in [1.82, 2.24) is 5.32 Å². The molecule has 0 aromatic heterocycles. The van der Waals surface area contributed by atoms with Crippen LogP contribution in [0.15, 0.2) is 36.4 Å². The molecule has 0 spiro atoms. The van der Waals surface area contributed by atoms with Gasteiger partial charge in [-0.2, -0.15) is 0 Å². The molecular weight excluding hydrogens is 234 g/mol. The monoisotopic (exact) mass is 251 g/mol. The largest absolute Gasteiger partial charge is 0.353 e. The summed E-state index contributed by atoms with van der Waals surface area (Å²) in [6, 6.07) is 8.26. The van der Waals surface area contributed by atoms with Crippen LogP contribution in [0.5, 0.6) is 0 Å². The van der Waals surface area contributed by atoms with E-state index in [4.69, 9.17) is 11.6 Å². The fourth-order valence-corrected chi connectivity index (χ4v) is 1.55. The van der Waals surface area contributed by atoms with Gasteiger partial charge in [0.15, 0.2) is 0 Å². The average molecular weight is 252 g/mol. The van der Waals surface area contributed by atoms with E-state index in [0.29, 0.717) is 18.8 Å². The van der Waals surface area contributed by atoms with Gasteiger partial charge in [0.1, 0.15) is 0 Å². The number of hydrogen-bond donors (Lipinski definition) is 1. The first-order chi connectivity index (χ1) is 8.22. The van der Waals surface area contributed by atoms with Gasteiger partial charge in [0.25, 0.3) is 0 Å². The van der Waals surface area contributed by atoms with Crippen molar-refractivity contribution in [3.8, 4) is 0 Å². The molecular formula is C14H18ClNO. The molecule has 0 aliphatic rings. The van der Waals surface area contributed by atoms with Gasteiger partial charge in [-0.3, -0.25) is 4.79 Å². The minimum absolute atomic E-state index is 0.0739. The molecule has 92 valence electrons. The molecule has 0 aliphatic carbocycles. The normalized spacial score (nSPS) is 10.7. The van der Waals surface area contributed by atoms with Crippen LogP contribution in [0.25, 0.3) is 0 Å².